The van der Waals surface area contributed by atoms with Gasteiger partial charge in [-0.25, -0.2) is 8.42 Å². The number of amides is 1. The molecule has 1 amide bonds. The molecule has 0 spiro atoms. The highest BCUT2D eigenvalue weighted by molar-refractivity contribution is 7.92. The molecule has 6 heteroatoms. The molecule has 0 unspecified atom stereocenters. The second-order valence-electron chi connectivity index (χ2n) is 7.30. The molecule has 27 heavy (non-hydrogen) atoms. The van der Waals surface area contributed by atoms with Crippen molar-refractivity contribution in [3.05, 3.63) is 65.2 Å². The Balaban J connectivity index is 2.30. The maximum atomic E-state index is 12.9. The minimum absolute atomic E-state index is 0.101. The number of aryl methyl sites for hydroxylation is 1. The third kappa shape index (κ3) is 5.57. The highest BCUT2D eigenvalue weighted by Gasteiger charge is 2.20. The van der Waals surface area contributed by atoms with Crippen LogP contribution in [0.25, 0.3) is 0 Å². The molecule has 1 atom stereocenters. The largest absolute Gasteiger partial charge is 0.345 e. The molecule has 2 aromatic carbocycles. The van der Waals surface area contributed by atoms with Gasteiger partial charge in [0.2, 0.25) is 10.0 Å². The van der Waals surface area contributed by atoms with E-state index in [0.717, 1.165) is 23.8 Å². The highest BCUT2D eigenvalue weighted by atomic mass is 32.2. The van der Waals surface area contributed by atoms with Crippen molar-refractivity contribution in [2.24, 2.45) is 5.92 Å². The van der Waals surface area contributed by atoms with E-state index in [1.807, 2.05) is 37.3 Å². The van der Waals surface area contributed by atoms with E-state index in [9.17, 15) is 13.2 Å². The van der Waals surface area contributed by atoms with Crippen LogP contribution in [0.1, 0.15) is 47.8 Å². The Hall–Kier alpha value is -2.34. The van der Waals surface area contributed by atoms with E-state index in [-0.39, 0.29) is 11.9 Å². The number of sulfonamides is 1. The first-order chi connectivity index (χ1) is 12.6. The van der Waals surface area contributed by atoms with Gasteiger partial charge in [0.25, 0.3) is 5.91 Å². The van der Waals surface area contributed by atoms with Crippen LogP contribution < -0.4 is 9.62 Å². The summed E-state index contributed by atoms with van der Waals surface area (Å²) < 4.78 is 24.9. The first-order valence-electron chi connectivity index (χ1n) is 9.00. The summed E-state index contributed by atoms with van der Waals surface area (Å²) in [5.74, 6) is 0.202. The fourth-order valence-electron chi connectivity index (χ4n) is 2.95. The van der Waals surface area contributed by atoms with E-state index < -0.39 is 10.0 Å². The molecule has 0 heterocycles. The molecule has 0 fully saturated rings. The maximum absolute atomic E-state index is 12.9. The summed E-state index contributed by atoms with van der Waals surface area (Å²) in [7, 11) is -1.91. The van der Waals surface area contributed by atoms with Crippen molar-refractivity contribution in [1.29, 1.82) is 0 Å². The fraction of sp³-hybridized carbons (Fsp3) is 0.381. The first kappa shape index (κ1) is 21.0. The quantitative estimate of drug-likeness (QED) is 0.782. The molecule has 2 rings (SSSR count). The van der Waals surface area contributed by atoms with E-state index in [1.165, 1.54) is 11.4 Å². The third-order valence-electron chi connectivity index (χ3n) is 4.52. The number of hydrogen-bond donors (Lipinski definition) is 1. The molecule has 5 nitrogen and oxygen atoms in total. The molecule has 0 aliphatic carbocycles. The van der Waals surface area contributed by atoms with Crippen LogP contribution in [0.15, 0.2) is 48.5 Å². The van der Waals surface area contributed by atoms with Crippen LogP contribution in [0, 0.1) is 12.8 Å². The van der Waals surface area contributed by atoms with Gasteiger partial charge in [-0.3, -0.25) is 9.10 Å². The van der Waals surface area contributed by atoms with Gasteiger partial charge in [0.15, 0.2) is 0 Å². The Morgan fingerprint density at radius 1 is 1.11 bits per heavy atom. The van der Waals surface area contributed by atoms with Crippen LogP contribution in [0.5, 0.6) is 0 Å². The van der Waals surface area contributed by atoms with Crippen LogP contribution in [0.3, 0.4) is 0 Å². The number of rotatable bonds is 7. The van der Waals surface area contributed by atoms with Gasteiger partial charge in [0, 0.05) is 12.6 Å². The van der Waals surface area contributed by atoms with Crippen molar-refractivity contribution in [3.8, 4) is 0 Å². The molecule has 0 saturated heterocycles. The smallest absolute Gasteiger partial charge is 0.251 e. The fourth-order valence-corrected chi connectivity index (χ4v) is 3.50. The lowest BCUT2D eigenvalue weighted by molar-refractivity contribution is 0.0932. The minimum atomic E-state index is -3.40. The summed E-state index contributed by atoms with van der Waals surface area (Å²) in [5, 5.41) is 3.10. The average molecular weight is 389 g/mol. The van der Waals surface area contributed by atoms with E-state index in [2.05, 4.69) is 19.2 Å². The lowest BCUT2D eigenvalue weighted by atomic mass is 9.96. The SMILES string of the molecule is Cc1ccc(C(=O)N[C@H](CC(C)C)c2ccccc2)cc1N(C)S(C)(=O)=O. The summed E-state index contributed by atoms with van der Waals surface area (Å²) in [5.41, 5.74) is 2.79. The Labute approximate surface area is 162 Å². The molecule has 2 aromatic rings. The van der Waals surface area contributed by atoms with Crippen molar-refractivity contribution in [2.75, 3.05) is 17.6 Å². The highest BCUT2D eigenvalue weighted by Crippen LogP contribution is 2.25. The van der Waals surface area contributed by atoms with Gasteiger partial charge in [-0.2, -0.15) is 0 Å². The number of nitrogens with one attached hydrogen (secondary N) is 1. The first-order valence-corrected chi connectivity index (χ1v) is 10.8. The molecule has 0 aromatic heterocycles. The molecule has 0 bridgehead atoms. The van der Waals surface area contributed by atoms with Gasteiger partial charge in [-0.15, -0.1) is 0 Å². The second kappa shape index (κ2) is 8.57. The number of benzene rings is 2. The van der Waals surface area contributed by atoms with Gasteiger partial charge in [-0.05, 0) is 42.5 Å². The molecule has 0 aliphatic heterocycles. The number of carbonyl (C=O) groups is 1. The molecule has 1 N–H and O–H groups in total. The monoisotopic (exact) mass is 388 g/mol. The van der Waals surface area contributed by atoms with E-state index in [1.54, 1.807) is 18.2 Å². The van der Waals surface area contributed by atoms with Crippen LogP contribution in [-0.4, -0.2) is 27.6 Å². The Bertz CT molecular complexity index is 893. The van der Waals surface area contributed by atoms with Gasteiger partial charge < -0.3 is 5.32 Å². The third-order valence-corrected chi connectivity index (χ3v) is 5.71. The van der Waals surface area contributed by atoms with Gasteiger partial charge in [-0.1, -0.05) is 50.2 Å². The van der Waals surface area contributed by atoms with Crippen LogP contribution in [0.4, 0.5) is 5.69 Å². The standard InChI is InChI=1S/C21H28N2O3S/c1-15(2)13-19(17-9-7-6-8-10-17)22-21(24)18-12-11-16(3)20(14-18)23(4)27(5,25)26/h6-12,14-15,19H,13H2,1-5H3,(H,22,24)/t19-/m1/s1. The van der Waals surface area contributed by atoms with Crippen molar-refractivity contribution >= 4 is 21.6 Å². The number of hydrogen-bond acceptors (Lipinski definition) is 3. The molecule has 0 saturated carbocycles. The number of anilines is 1. The normalized spacial score (nSPS) is 12.7. The summed E-state index contributed by atoms with van der Waals surface area (Å²) >= 11 is 0. The van der Waals surface area contributed by atoms with E-state index >= 15 is 0 Å². The summed E-state index contributed by atoms with van der Waals surface area (Å²) in [6, 6.07) is 14.9. The van der Waals surface area contributed by atoms with E-state index in [4.69, 9.17) is 0 Å². The van der Waals surface area contributed by atoms with Crippen molar-refractivity contribution in [1.82, 2.24) is 5.32 Å². The Kier molecular flexibility index (Phi) is 6.65. The van der Waals surface area contributed by atoms with Crippen molar-refractivity contribution in [3.63, 3.8) is 0 Å². The summed E-state index contributed by atoms with van der Waals surface area (Å²) in [4.78, 5) is 12.9. The summed E-state index contributed by atoms with van der Waals surface area (Å²) in [6.07, 6.45) is 1.96. The maximum Gasteiger partial charge on any atom is 0.251 e. The topological polar surface area (TPSA) is 66.5 Å². The Morgan fingerprint density at radius 3 is 2.30 bits per heavy atom. The van der Waals surface area contributed by atoms with E-state index in [0.29, 0.717) is 17.2 Å². The predicted octanol–water partition coefficient (Wildman–Crippen LogP) is 3.91. The van der Waals surface area contributed by atoms with Crippen molar-refractivity contribution < 1.29 is 13.2 Å². The zero-order valence-electron chi connectivity index (χ0n) is 16.6. The summed E-state index contributed by atoms with van der Waals surface area (Å²) in [6.45, 7) is 6.06. The molecule has 0 radical (unpaired) electrons. The van der Waals surface area contributed by atoms with Crippen LogP contribution in [0.2, 0.25) is 0 Å². The zero-order valence-corrected chi connectivity index (χ0v) is 17.4. The Morgan fingerprint density at radius 2 is 1.74 bits per heavy atom. The van der Waals surface area contributed by atoms with Crippen LogP contribution >= 0.6 is 0 Å². The molecular formula is C21H28N2O3S. The lowest BCUT2D eigenvalue weighted by Crippen LogP contribution is -2.30. The average Bonchev–Trinajstić information content (AvgIpc) is 2.60. The molecule has 146 valence electrons. The zero-order chi connectivity index (χ0) is 20.2. The van der Waals surface area contributed by atoms with Gasteiger partial charge >= 0.3 is 0 Å². The molecule has 0 aliphatic rings. The molecular weight excluding hydrogens is 360 g/mol. The lowest BCUT2D eigenvalue weighted by Gasteiger charge is -2.23. The van der Waals surface area contributed by atoms with Gasteiger partial charge in [0.1, 0.15) is 0 Å². The second-order valence-corrected chi connectivity index (χ2v) is 9.31. The van der Waals surface area contributed by atoms with Crippen LogP contribution in [-0.2, 0) is 10.0 Å². The van der Waals surface area contributed by atoms with Gasteiger partial charge in [0.05, 0.1) is 18.0 Å². The number of nitrogens with zero attached hydrogens (tertiary/aromatic N) is 1. The predicted molar refractivity (Wildman–Crippen MR) is 111 cm³/mol. The number of carbonyl (C=O) groups excluding carboxylic acids is 1. The minimum Gasteiger partial charge on any atom is -0.345 e. The van der Waals surface area contributed by atoms with Crippen molar-refractivity contribution in [2.45, 2.75) is 33.2 Å².